The van der Waals surface area contributed by atoms with Crippen molar-refractivity contribution in [2.24, 2.45) is 0 Å². The van der Waals surface area contributed by atoms with Gasteiger partial charge < -0.3 is 24.4 Å². The minimum absolute atomic E-state index is 0.00837. The van der Waals surface area contributed by atoms with Crippen molar-refractivity contribution in [2.75, 3.05) is 72.2 Å². The van der Waals surface area contributed by atoms with Gasteiger partial charge >= 0.3 is 0 Å². The van der Waals surface area contributed by atoms with E-state index in [1.165, 1.54) is 6.42 Å². The van der Waals surface area contributed by atoms with Crippen LogP contribution < -0.4 is 5.32 Å². The Balaban J connectivity index is 3.65. The van der Waals surface area contributed by atoms with Crippen molar-refractivity contribution >= 4 is 15.7 Å². The van der Waals surface area contributed by atoms with Crippen LogP contribution in [-0.4, -0.2) is 102 Å². The van der Waals surface area contributed by atoms with Gasteiger partial charge in [-0.15, -0.1) is 0 Å². The molecular formula is C21H43N2O6S+. The van der Waals surface area contributed by atoms with E-state index in [0.717, 1.165) is 31.9 Å². The molecule has 2 N–H and O–H groups in total. The molecule has 178 valence electrons. The fourth-order valence-corrected chi connectivity index (χ4v) is 3.74. The maximum Gasteiger partial charge on any atom is 0.246 e. The smallest absolute Gasteiger partial charge is 0.246 e. The molecular weight excluding hydrogens is 408 g/mol. The maximum absolute atomic E-state index is 11.8. The first-order valence-corrected chi connectivity index (χ1v) is 12.9. The van der Waals surface area contributed by atoms with E-state index in [2.05, 4.69) is 24.4 Å². The molecule has 30 heavy (non-hydrogen) atoms. The normalized spacial score (nSPS) is 13.6. The maximum atomic E-state index is 11.8. The second-order valence-electron chi connectivity index (χ2n) is 8.36. The lowest BCUT2D eigenvalue weighted by atomic mass is 10.2. The van der Waals surface area contributed by atoms with E-state index in [4.69, 9.17) is 9.47 Å². The summed E-state index contributed by atoms with van der Waals surface area (Å²) in [4.78, 5) is 11.8. The zero-order valence-corrected chi connectivity index (χ0v) is 20.1. The first kappa shape index (κ1) is 29.0. The second kappa shape index (κ2) is 16.7. The lowest BCUT2D eigenvalue weighted by Crippen LogP contribution is -2.48. The van der Waals surface area contributed by atoms with Crippen LogP contribution in [0.1, 0.15) is 39.0 Å². The van der Waals surface area contributed by atoms with Crippen LogP contribution in [0.25, 0.3) is 0 Å². The zero-order chi connectivity index (χ0) is 22.9. The number of quaternary nitrogens is 1. The van der Waals surface area contributed by atoms with E-state index < -0.39 is 15.9 Å². The summed E-state index contributed by atoms with van der Waals surface area (Å²) in [6, 6.07) is 0. The monoisotopic (exact) mass is 451 g/mol. The van der Waals surface area contributed by atoms with E-state index >= 15 is 0 Å². The third-order valence-corrected chi connectivity index (χ3v) is 5.34. The Bertz CT molecular complexity index is 578. The van der Waals surface area contributed by atoms with Crippen molar-refractivity contribution in [1.82, 2.24) is 5.32 Å². The molecule has 0 aromatic rings. The number of sulfone groups is 1. The van der Waals surface area contributed by atoms with Crippen molar-refractivity contribution in [3.05, 3.63) is 12.2 Å². The van der Waals surface area contributed by atoms with E-state index in [1.807, 2.05) is 14.1 Å². The number of nitrogens with one attached hydrogen (secondary N) is 1. The molecule has 0 aliphatic carbocycles. The van der Waals surface area contributed by atoms with Crippen LogP contribution in [0.15, 0.2) is 12.2 Å². The molecule has 9 heteroatoms. The fraction of sp³-hybridized carbons (Fsp3) is 0.857. The molecule has 0 radical (unpaired) electrons. The first-order valence-electron chi connectivity index (χ1n) is 10.8. The molecule has 0 rings (SSSR count). The molecule has 1 amide bonds. The number of amides is 1. The first-order chi connectivity index (χ1) is 14.1. The van der Waals surface area contributed by atoms with Gasteiger partial charge in [-0.25, -0.2) is 8.42 Å². The molecule has 1 unspecified atom stereocenters. The van der Waals surface area contributed by atoms with Gasteiger partial charge in [0.2, 0.25) is 5.91 Å². The summed E-state index contributed by atoms with van der Waals surface area (Å²) in [5, 5.41) is 12.7. The van der Waals surface area contributed by atoms with Crippen molar-refractivity contribution in [3.8, 4) is 0 Å². The van der Waals surface area contributed by atoms with Gasteiger partial charge in [0.25, 0.3) is 0 Å². The van der Waals surface area contributed by atoms with Crippen LogP contribution in [-0.2, 0) is 24.1 Å². The van der Waals surface area contributed by atoms with Crippen LogP contribution in [0.3, 0.4) is 0 Å². The Morgan fingerprint density at radius 2 is 1.77 bits per heavy atom. The number of likely N-dealkylation sites (N-methyl/N-ethyl adjacent to an activating group) is 1. The average molecular weight is 452 g/mol. The zero-order valence-electron chi connectivity index (χ0n) is 19.3. The van der Waals surface area contributed by atoms with Crippen LogP contribution >= 0.6 is 0 Å². The quantitative estimate of drug-likeness (QED) is 0.174. The highest BCUT2D eigenvalue weighted by atomic mass is 32.2. The van der Waals surface area contributed by atoms with Crippen LogP contribution in [0.5, 0.6) is 0 Å². The fourth-order valence-electron chi connectivity index (χ4n) is 2.94. The van der Waals surface area contributed by atoms with Crippen molar-refractivity contribution < 1.29 is 32.3 Å². The predicted molar refractivity (Wildman–Crippen MR) is 120 cm³/mol. The Hall–Kier alpha value is -1.00. The van der Waals surface area contributed by atoms with Gasteiger partial charge in [-0.3, -0.25) is 4.79 Å². The third kappa shape index (κ3) is 20.3. The summed E-state index contributed by atoms with van der Waals surface area (Å²) in [5.74, 6) is -0.402. The molecule has 0 heterocycles. The van der Waals surface area contributed by atoms with Crippen molar-refractivity contribution in [2.45, 2.75) is 45.1 Å². The molecule has 0 aromatic carbocycles. The van der Waals surface area contributed by atoms with Gasteiger partial charge in [-0.2, -0.15) is 0 Å². The highest BCUT2D eigenvalue weighted by Crippen LogP contribution is 2.03. The molecule has 0 aliphatic rings. The molecule has 0 bridgehead atoms. The van der Waals surface area contributed by atoms with Gasteiger partial charge in [0.1, 0.15) is 29.1 Å². The number of hydrogen-bond donors (Lipinski definition) is 2. The number of aliphatic hydroxyl groups excluding tert-OH is 1. The number of carbonyl (C=O) groups excluding carboxylic acids is 1. The SMILES string of the molecule is CCC/C=C\CCCOCCOCC(=O)NCCC[N+](C)(C)CC(O)CS(C)(=O)=O. The summed E-state index contributed by atoms with van der Waals surface area (Å²) in [5.41, 5.74) is 0. The van der Waals surface area contributed by atoms with Gasteiger partial charge in [0, 0.05) is 25.8 Å². The molecule has 0 aromatic heterocycles. The summed E-state index contributed by atoms with van der Waals surface area (Å²) < 4.78 is 33.7. The average Bonchev–Trinajstić information content (AvgIpc) is 2.61. The number of carbonyl (C=O) groups is 1. The summed E-state index contributed by atoms with van der Waals surface area (Å²) in [7, 11) is 0.660. The number of hydrogen-bond acceptors (Lipinski definition) is 6. The summed E-state index contributed by atoms with van der Waals surface area (Å²) in [6.07, 6.45) is 9.64. The third-order valence-electron chi connectivity index (χ3n) is 4.35. The predicted octanol–water partition coefficient (Wildman–Crippen LogP) is 1.14. The van der Waals surface area contributed by atoms with Crippen LogP contribution in [0.2, 0.25) is 0 Å². The minimum atomic E-state index is -3.20. The number of rotatable bonds is 19. The second-order valence-corrected chi connectivity index (χ2v) is 10.5. The molecule has 0 aliphatic heterocycles. The summed E-state index contributed by atoms with van der Waals surface area (Å²) in [6.45, 7) is 5.30. The topological polar surface area (TPSA) is 102 Å². The molecule has 8 nitrogen and oxygen atoms in total. The van der Waals surface area contributed by atoms with Crippen molar-refractivity contribution in [1.29, 1.82) is 0 Å². The van der Waals surface area contributed by atoms with Gasteiger partial charge in [-0.05, 0) is 19.3 Å². The lowest BCUT2D eigenvalue weighted by molar-refractivity contribution is -0.893. The van der Waals surface area contributed by atoms with Gasteiger partial charge in [0.15, 0.2) is 0 Å². The highest BCUT2D eigenvalue weighted by molar-refractivity contribution is 7.90. The van der Waals surface area contributed by atoms with Crippen molar-refractivity contribution in [3.63, 3.8) is 0 Å². The largest absolute Gasteiger partial charge is 0.386 e. The molecule has 0 fully saturated rings. The molecule has 0 saturated heterocycles. The van der Waals surface area contributed by atoms with Gasteiger partial charge in [0.05, 0.1) is 39.6 Å². The van der Waals surface area contributed by atoms with Gasteiger partial charge in [-0.1, -0.05) is 25.5 Å². The van der Waals surface area contributed by atoms with Crippen LogP contribution in [0, 0.1) is 0 Å². The highest BCUT2D eigenvalue weighted by Gasteiger charge is 2.23. The lowest BCUT2D eigenvalue weighted by Gasteiger charge is -2.31. The number of ether oxygens (including phenoxy) is 2. The Kier molecular flexibility index (Phi) is 16.1. The standard InChI is InChI=1S/C21H42N2O6S/c1-5-6-7-8-9-10-14-28-15-16-29-18-21(25)22-12-11-13-23(2,3)17-20(24)19-30(4,26)27/h7-8,20,24H,5-6,9-19H2,1-4H3/p+1/b8-7-. The minimum Gasteiger partial charge on any atom is -0.386 e. The molecule has 0 saturated carbocycles. The number of unbranched alkanes of at least 4 members (excludes halogenated alkanes) is 2. The van der Waals surface area contributed by atoms with Crippen LogP contribution in [0.4, 0.5) is 0 Å². The van der Waals surface area contributed by atoms with E-state index in [-0.39, 0.29) is 18.3 Å². The van der Waals surface area contributed by atoms with E-state index in [0.29, 0.717) is 43.9 Å². The van der Waals surface area contributed by atoms with E-state index in [1.54, 1.807) is 0 Å². The Morgan fingerprint density at radius 3 is 2.43 bits per heavy atom. The van der Waals surface area contributed by atoms with E-state index in [9.17, 15) is 18.3 Å². The Labute approximate surface area is 183 Å². The molecule has 0 spiro atoms. The number of allylic oxidation sites excluding steroid dienone is 2. The Morgan fingerprint density at radius 1 is 1.10 bits per heavy atom. The number of nitrogens with zero attached hydrogens (tertiary/aromatic N) is 1. The molecule has 1 atom stereocenters. The number of aliphatic hydroxyl groups is 1. The summed E-state index contributed by atoms with van der Waals surface area (Å²) >= 11 is 0.